The lowest BCUT2D eigenvalue weighted by atomic mass is 9.75. The molecular formula is C21H25BO4. The second kappa shape index (κ2) is 6.90. The standard InChI is InChI=1S/C21H25BO4/c1-15-11-17(24-14-16-9-7-6-8-10-16)12-19(18(15)13-23)22-25-20(2,3)21(4,5)26-22/h6-13H,14H2,1-5H3. The van der Waals surface area contributed by atoms with E-state index in [0.717, 1.165) is 17.4 Å². The van der Waals surface area contributed by atoms with Crippen LogP contribution in [-0.4, -0.2) is 24.6 Å². The smallest absolute Gasteiger partial charge is 0.489 e. The number of aldehydes is 1. The highest BCUT2D eigenvalue weighted by Gasteiger charge is 2.52. The minimum absolute atomic E-state index is 0.462. The Bertz CT molecular complexity index is 783. The molecule has 0 saturated carbocycles. The second-order valence-corrected chi connectivity index (χ2v) is 7.72. The Balaban J connectivity index is 1.89. The van der Waals surface area contributed by atoms with Crippen molar-refractivity contribution in [2.24, 2.45) is 0 Å². The number of carbonyl (C=O) groups is 1. The third-order valence-electron chi connectivity index (χ3n) is 5.27. The molecule has 0 amide bonds. The molecule has 26 heavy (non-hydrogen) atoms. The quantitative estimate of drug-likeness (QED) is 0.608. The number of hydrogen-bond acceptors (Lipinski definition) is 4. The van der Waals surface area contributed by atoms with Crippen LogP contribution in [0.1, 0.15) is 49.2 Å². The summed E-state index contributed by atoms with van der Waals surface area (Å²) in [4.78, 5) is 11.7. The Hall–Kier alpha value is -2.11. The average Bonchev–Trinajstić information content (AvgIpc) is 2.81. The summed E-state index contributed by atoms with van der Waals surface area (Å²) >= 11 is 0. The molecule has 2 aromatic carbocycles. The van der Waals surface area contributed by atoms with Crippen LogP contribution in [0.5, 0.6) is 5.75 Å². The zero-order valence-electron chi connectivity index (χ0n) is 16.0. The summed E-state index contributed by atoms with van der Waals surface area (Å²) in [5, 5.41) is 0. The summed E-state index contributed by atoms with van der Waals surface area (Å²) in [5.41, 5.74) is 2.30. The molecule has 0 aromatic heterocycles. The monoisotopic (exact) mass is 352 g/mol. The van der Waals surface area contributed by atoms with Gasteiger partial charge in [-0.3, -0.25) is 4.79 Å². The van der Waals surface area contributed by atoms with Crippen LogP contribution in [0.3, 0.4) is 0 Å². The maximum atomic E-state index is 11.7. The summed E-state index contributed by atoms with van der Waals surface area (Å²) in [6, 6.07) is 13.7. The second-order valence-electron chi connectivity index (χ2n) is 7.72. The normalized spacial score (nSPS) is 18.0. The number of rotatable bonds is 5. The van der Waals surface area contributed by atoms with Gasteiger partial charge < -0.3 is 14.0 Å². The number of carbonyl (C=O) groups excluding carboxylic acids is 1. The average molecular weight is 352 g/mol. The van der Waals surface area contributed by atoms with Gasteiger partial charge in [0, 0.05) is 5.56 Å². The van der Waals surface area contributed by atoms with E-state index in [-0.39, 0.29) is 0 Å². The van der Waals surface area contributed by atoms with Crippen molar-refractivity contribution in [2.45, 2.75) is 52.4 Å². The van der Waals surface area contributed by atoms with E-state index in [1.807, 2.05) is 77.1 Å². The molecule has 1 aliphatic heterocycles. The fourth-order valence-electron chi connectivity index (χ4n) is 2.94. The van der Waals surface area contributed by atoms with Crippen molar-refractivity contribution in [3.05, 3.63) is 59.2 Å². The molecule has 5 heteroatoms. The molecule has 1 saturated heterocycles. The minimum atomic E-state index is -0.598. The van der Waals surface area contributed by atoms with Crippen LogP contribution in [0, 0.1) is 6.92 Å². The Morgan fingerprint density at radius 1 is 1.04 bits per heavy atom. The van der Waals surface area contributed by atoms with Crippen LogP contribution in [0.25, 0.3) is 0 Å². The lowest BCUT2D eigenvalue weighted by Gasteiger charge is -2.32. The van der Waals surface area contributed by atoms with Gasteiger partial charge in [0.25, 0.3) is 0 Å². The Kier molecular flexibility index (Phi) is 4.95. The molecule has 1 aliphatic rings. The van der Waals surface area contributed by atoms with Crippen LogP contribution < -0.4 is 10.2 Å². The lowest BCUT2D eigenvalue weighted by Crippen LogP contribution is -2.41. The van der Waals surface area contributed by atoms with Crippen molar-refractivity contribution in [3.8, 4) is 5.75 Å². The highest BCUT2D eigenvalue weighted by molar-refractivity contribution is 6.63. The molecular weight excluding hydrogens is 327 g/mol. The van der Waals surface area contributed by atoms with E-state index in [4.69, 9.17) is 14.0 Å². The summed E-state index contributed by atoms with van der Waals surface area (Å²) in [6.07, 6.45) is 0.858. The van der Waals surface area contributed by atoms with E-state index < -0.39 is 18.3 Å². The fraction of sp³-hybridized carbons (Fsp3) is 0.381. The van der Waals surface area contributed by atoms with Crippen molar-refractivity contribution in [1.29, 1.82) is 0 Å². The molecule has 1 fully saturated rings. The van der Waals surface area contributed by atoms with Gasteiger partial charge in [-0.2, -0.15) is 0 Å². The zero-order chi connectivity index (χ0) is 18.9. The molecule has 0 aliphatic carbocycles. The van der Waals surface area contributed by atoms with Gasteiger partial charge in [0.05, 0.1) is 11.2 Å². The van der Waals surface area contributed by atoms with E-state index in [0.29, 0.717) is 23.4 Å². The van der Waals surface area contributed by atoms with E-state index in [1.54, 1.807) is 0 Å². The molecule has 2 aromatic rings. The highest BCUT2D eigenvalue weighted by atomic mass is 16.7. The first-order valence-corrected chi connectivity index (χ1v) is 8.85. The van der Waals surface area contributed by atoms with E-state index in [1.165, 1.54) is 0 Å². The molecule has 136 valence electrons. The number of hydrogen-bond donors (Lipinski definition) is 0. The highest BCUT2D eigenvalue weighted by Crippen LogP contribution is 2.37. The van der Waals surface area contributed by atoms with Crippen LogP contribution in [0.15, 0.2) is 42.5 Å². The zero-order valence-corrected chi connectivity index (χ0v) is 16.0. The molecule has 0 radical (unpaired) electrons. The number of aryl methyl sites for hydroxylation is 1. The van der Waals surface area contributed by atoms with Crippen LogP contribution >= 0.6 is 0 Å². The van der Waals surface area contributed by atoms with Gasteiger partial charge in [0.15, 0.2) is 0 Å². The van der Waals surface area contributed by atoms with E-state index >= 15 is 0 Å². The molecule has 0 N–H and O–H groups in total. The van der Waals surface area contributed by atoms with Crippen LogP contribution in [-0.2, 0) is 15.9 Å². The van der Waals surface area contributed by atoms with Crippen LogP contribution in [0.2, 0.25) is 0 Å². The predicted octanol–water partition coefficient (Wildman–Crippen LogP) is 3.69. The van der Waals surface area contributed by atoms with Gasteiger partial charge in [-0.15, -0.1) is 0 Å². The molecule has 3 rings (SSSR count). The third kappa shape index (κ3) is 3.55. The fourth-order valence-corrected chi connectivity index (χ4v) is 2.94. The molecule has 4 nitrogen and oxygen atoms in total. The van der Waals surface area contributed by atoms with Crippen molar-refractivity contribution < 1.29 is 18.8 Å². The number of benzene rings is 2. The summed E-state index contributed by atoms with van der Waals surface area (Å²) in [7, 11) is -0.598. The van der Waals surface area contributed by atoms with E-state index in [9.17, 15) is 4.79 Å². The topological polar surface area (TPSA) is 44.8 Å². The van der Waals surface area contributed by atoms with Gasteiger partial charge in [-0.05, 0) is 63.3 Å². The van der Waals surface area contributed by atoms with Crippen molar-refractivity contribution in [3.63, 3.8) is 0 Å². The summed E-state index contributed by atoms with van der Waals surface area (Å²) in [5.74, 6) is 0.696. The van der Waals surface area contributed by atoms with Gasteiger partial charge >= 0.3 is 7.12 Å². The molecule has 0 unspecified atom stereocenters. The first kappa shape index (κ1) is 18.7. The Morgan fingerprint density at radius 3 is 2.23 bits per heavy atom. The number of ether oxygens (including phenoxy) is 1. The molecule has 0 atom stereocenters. The molecule has 0 spiro atoms. The SMILES string of the molecule is Cc1cc(OCc2ccccc2)cc(B2OC(C)(C)C(C)(C)O2)c1C=O. The van der Waals surface area contributed by atoms with E-state index in [2.05, 4.69) is 0 Å². The Morgan fingerprint density at radius 2 is 1.65 bits per heavy atom. The maximum Gasteiger partial charge on any atom is 0.495 e. The van der Waals surface area contributed by atoms with Crippen LogP contribution in [0.4, 0.5) is 0 Å². The third-order valence-corrected chi connectivity index (χ3v) is 5.27. The predicted molar refractivity (Wildman–Crippen MR) is 103 cm³/mol. The largest absolute Gasteiger partial charge is 0.495 e. The Labute approximate surface area is 155 Å². The van der Waals surface area contributed by atoms with Gasteiger partial charge in [-0.25, -0.2) is 0 Å². The van der Waals surface area contributed by atoms with Crippen molar-refractivity contribution in [1.82, 2.24) is 0 Å². The summed E-state index contributed by atoms with van der Waals surface area (Å²) in [6.45, 7) is 10.3. The first-order valence-electron chi connectivity index (χ1n) is 8.85. The molecule has 1 heterocycles. The lowest BCUT2D eigenvalue weighted by molar-refractivity contribution is 0.00578. The van der Waals surface area contributed by atoms with Gasteiger partial charge in [0.1, 0.15) is 18.6 Å². The maximum absolute atomic E-state index is 11.7. The van der Waals surface area contributed by atoms with Gasteiger partial charge in [0.2, 0.25) is 0 Å². The first-order chi connectivity index (χ1) is 12.2. The van der Waals surface area contributed by atoms with Gasteiger partial charge in [-0.1, -0.05) is 30.3 Å². The van der Waals surface area contributed by atoms with Crippen molar-refractivity contribution >= 4 is 18.9 Å². The summed E-state index contributed by atoms with van der Waals surface area (Å²) < 4.78 is 18.2. The minimum Gasteiger partial charge on any atom is -0.489 e. The molecule has 0 bridgehead atoms. The van der Waals surface area contributed by atoms with Crippen molar-refractivity contribution in [2.75, 3.05) is 0 Å².